The molecule has 0 saturated heterocycles. The van der Waals surface area contributed by atoms with E-state index in [9.17, 15) is 9.59 Å². The van der Waals surface area contributed by atoms with E-state index in [0.717, 1.165) is 28.9 Å². The third-order valence-corrected chi connectivity index (χ3v) is 6.60. The second-order valence-electron chi connectivity index (χ2n) is 8.02. The fourth-order valence-corrected chi connectivity index (χ4v) is 4.75. The molecule has 33 heavy (non-hydrogen) atoms. The van der Waals surface area contributed by atoms with Crippen molar-refractivity contribution in [2.24, 2.45) is 0 Å². The molecule has 0 bridgehead atoms. The molecule has 3 aromatic heterocycles. The lowest BCUT2D eigenvalue weighted by Crippen LogP contribution is -2.26. The van der Waals surface area contributed by atoms with Gasteiger partial charge in [-0.2, -0.15) is 0 Å². The maximum absolute atomic E-state index is 13.4. The van der Waals surface area contributed by atoms with Crippen molar-refractivity contribution >= 4 is 27.3 Å². The molecule has 0 aliphatic rings. The molecule has 0 amide bonds. The van der Waals surface area contributed by atoms with E-state index >= 15 is 0 Å². The lowest BCUT2D eigenvalue weighted by molar-refractivity contribution is 0.317. The highest BCUT2D eigenvalue weighted by molar-refractivity contribution is 7.17. The van der Waals surface area contributed by atoms with Gasteiger partial charge in [0.15, 0.2) is 0 Å². The van der Waals surface area contributed by atoms with E-state index in [1.165, 1.54) is 16.0 Å². The number of thiophene rings is 1. The van der Waals surface area contributed by atoms with Crippen LogP contribution in [0.5, 0.6) is 5.75 Å². The van der Waals surface area contributed by atoms with Gasteiger partial charge in [-0.05, 0) is 53.6 Å². The minimum absolute atomic E-state index is 0.146. The molecular weight excluding hydrogens is 436 g/mol. The Morgan fingerprint density at radius 2 is 1.79 bits per heavy atom. The third kappa shape index (κ3) is 3.87. The summed E-state index contributed by atoms with van der Waals surface area (Å²) in [6, 6.07) is 17.4. The summed E-state index contributed by atoms with van der Waals surface area (Å²) in [6.07, 6.45) is 0.940. The van der Waals surface area contributed by atoms with Crippen LogP contribution in [0, 0.1) is 6.92 Å². The predicted molar refractivity (Wildman–Crippen MR) is 131 cm³/mol. The van der Waals surface area contributed by atoms with Crippen molar-refractivity contribution in [1.82, 2.24) is 18.7 Å². The Bertz CT molecular complexity index is 1560. The lowest BCUT2D eigenvalue weighted by atomic mass is 10.1. The quantitative estimate of drug-likeness (QED) is 0.367. The van der Waals surface area contributed by atoms with E-state index in [0.29, 0.717) is 35.7 Å². The number of hydrogen-bond acceptors (Lipinski definition) is 5. The van der Waals surface area contributed by atoms with Crippen LogP contribution in [0.1, 0.15) is 30.0 Å². The Hall–Kier alpha value is -3.65. The molecule has 0 aliphatic carbocycles. The number of rotatable bonds is 7. The van der Waals surface area contributed by atoms with Crippen molar-refractivity contribution in [3.05, 3.63) is 97.5 Å². The number of fused-ring (bicyclic) bond motifs is 3. The fourth-order valence-electron chi connectivity index (χ4n) is 3.92. The summed E-state index contributed by atoms with van der Waals surface area (Å²) in [7, 11) is 0. The molecule has 0 fully saturated rings. The highest BCUT2D eigenvalue weighted by Gasteiger charge is 2.19. The van der Waals surface area contributed by atoms with Crippen LogP contribution in [0.4, 0.5) is 0 Å². The summed E-state index contributed by atoms with van der Waals surface area (Å²) >= 11 is 1.34. The molecule has 168 valence electrons. The number of aromatic nitrogens is 4. The van der Waals surface area contributed by atoms with Crippen LogP contribution >= 0.6 is 11.3 Å². The van der Waals surface area contributed by atoms with Crippen LogP contribution in [0.3, 0.4) is 0 Å². The van der Waals surface area contributed by atoms with Crippen LogP contribution < -0.4 is 16.0 Å². The number of nitrogens with zero attached hydrogens (tertiary/aromatic N) is 4. The summed E-state index contributed by atoms with van der Waals surface area (Å²) < 4.78 is 10.8. The number of ether oxygens (including phenoxy) is 1. The monoisotopic (exact) mass is 460 g/mol. The molecule has 5 rings (SSSR count). The van der Waals surface area contributed by atoms with Gasteiger partial charge in [0.25, 0.3) is 5.56 Å². The Morgan fingerprint density at radius 1 is 1.00 bits per heavy atom. The number of aryl methyl sites for hydroxylation is 1. The van der Waals surface area contributed by atoms with Crippen molar-refractivity contribution in [2.75, 3.05) is 6.61 Å². The highest BCUT2D eigenvalue weighted by atomic mass is 32.1. The van der Waals surface area contributed by atoms with E-state index in [-0.39, 0.29) is 11.2 Å². The van der Waals surface area contributed by atoms with Crippen molar-refractivity contribution in [2.45, 2.75) is 33.4 Å². The second kappa shape index (κ2) is 8.71. The summed E-state index contributed by atoms with van der Waals surface area (Å²) in [5.74, 6) is 1.14. The van der Waals surface area contributed by atoms with Gasteiger partial charge >= 0.3 is 5.69 Å². The molecule has 7 nitrogen and oxygen atoms in total. The first-order valence-electron chi connectivity index (χ1n) is 10.9. The zero-order valence-electron chi connectivity index (χ0n) is 18.5. The summed E-state index contributed by atoms with van der Waals surface area (Å²) in [6.45, 7) is 5.39. The van der Waals surface area contributed by atoms with Gasteiger partial charge < -0.3 is 4.74 Å². The zero-order chi connectivity index (χ0) is 22.9. The van der Waals surface area contributed by atoms with E-state index < -0.39 is 0 Å². The predicted octanol–water partition coefficient (Wildman–Crippen LogP) is 4.07. The van der Waals surface area contributed by atoms with Gasteiger partial charge in [0, 0.05) is 0 Å². The molecular formula is C25H24N4O3S. The minimum Gasteiger partial charge on any atom is -0.494 e. The molecule has 0 atom stereocenters. The molecule has 2 aromatic carbocycles. The van der Waals surface area contributed by atoms with Crippen LogP contribution in [-0.2, 0) is 13.1 Å². The lowest BCUT2D eigenvalue weighted by Gasteiger charge is -2.09. The topological polar surface area (TPSA) is 70.5 Å². The normalized spacial score (nSPS) is 11.5. The van der Waals surface area contributed by atoms with Crippen molar-refractivity contribution < 1.29 is 4.74 Å². The average molecular weight is 461 g/mol. The Labute approximate surface area is 194 Å². The van der Waals surface area contributed by atoms with E-state index in [1.54, 1.807) is 15.0 Å². The molecule has 0 N–H and O–H groups in total. The molecule has 3 heterocycles. The molecule has 0 saturated carbocycles. The van der Waals surface area contributed by atoms with E-state index in [4.69, 9.17) is 4.74 Å². The van der Waals surface area contributed by atoms with Crippen LogP contribution in [-0.4, -0.2) is 25.4 Å². The highest BCUT2D eigenvalue weighted by Crippen LogP contribution is 2.19. The van der Waals surface area contributed by atoms with Gasteiger partial charge in [-0.3, -0.25) is 9.36 Å². The Morgan fingerprint density at radius 3 is 2.55 bits per heavy atom. The Balaban J connectivity index is 1.62. The first-order valence-corrected chi connectivity index (χ1v) is 11.8. The van der Waals surface area contributed by atoms with E-state index in [2.05, 4.69) is 12.0 Å². The number of hydrogen-bond donors (Lipinski definition) is 0. The van der Waals surface area contributed by atoms with Crippen molar-refractivity contribution in [1.29, 1.82) is 0 Å². The fraction of sp³-hybridized carbons (Fsp3) is 0.240. The molecule has 5 aromatic rings. The van der Waals surface area contributed by atoms with E-state index in [1.807, 2.05) is 60.8 Å². The smallest absolute Gasteiger partial charge is 0.352 e. The molecule has 8 heteroatoms. The average Bonchev–Trinajstić information content (AvgIpc) is 3.43. The largest absolute Gasteiger partial charge is 0.494 e. The van der Waals surface area contributed by atoms with Gasteiger partial charge in [0.1, 0.15) is 10.4 Å². The SMILES string of the molecule is CCCOc1ccc(Cn2c(=O)c3sccc3n3c(=O)n(Cc4ccccc4C)nc23)cc1. The van der Waals surface area contributed by atoms with Crippen molar-refractivity contribution in [3.63, 3.8) is 0 Å². The number of benzene rings is 2. The zero-order valence-corrected chi connectivity index (χ0v) is 19.3. The van der Waals surface area contributed by atoms with Gasteiger partial charge in [-0.25, -0.2) is 13.9 Å². The summed E-state index contributed by atoms with van der Waals surface area (Å²) in [5.41, 5.74) is 3.23. The van der Waals surface area contributed by atoms with Crippen LogP contribution in [0.15, 0.2) is 69.6 Å². The molecule has 0 unspecified atom stereocenters. The minimum atomic E-state index is -0.256. The van der Waals surface area contributed by atoms with Crippen molar-refractivity contribution in [3.8, 4) is 5.75 Å². The first-order chi connectivity index (χ1) is 16.1. The molecule has 0 aliphatic heterocycles. The molecule has 0 radical (unpaired) electrons. The maximum atomic E-state index is 13.4. The second-order valence-corrected chi connectivity index (χ2v) is 8.94. The van der Waals surface area contributed by atoms with Gasteiger partial charge in [0.05, 0.1) is 25.2 Å². The van der Waals surface area contributed by atoms with Crippen LogP contribution in [0.2, 0.25) is 0 Å². The molecule has 0 spiro atoms. The summed E-state index contributed by atoms with van der Waals surface area (Å²) in [4.78, 5) is 26.7. The van der Waals surface area contributed by atoms with Gasteiger partial charge in [0.2, 0.25) is 5.78 Å². The Kier molecular flexibility index (Phi) is 5.60. The van der Waals surface area contributed by atoms with Gasteiger partial charge in [-0.1, -0.05) is 43.3 Å². The first kappa shape index (κ1) is 21.2. The van der Waals surface area contributed by atoms with Crippen LogP contribution in [0.25, 0.3) is 16.0 Å². The van der Waals surface area contributed by atoms with Gasteiger partial charge in [-0.15, -0.1) is 16.4 Å². The third-order valence-electron chi connectivity index (χ3n) is 5.71. The standard InChI is InChI=1S/C25H24N4O3S/c1-3-13-32-20-10-8-18(9-11-20)15-27-23(30)22-21(12-14-33-22)29-24(27)26-28(25(29)31)16-19-7-5-4-6-17(19)2/h4-12,14H,3,13,15-16H2,1-2H3. The maximum Gasteiger partial charge on any atom is 0.352 e. The summed E-state index contributed by atoms with van der Waals surface area (Å²) in [5, 5.41) is 6.44.